The Kier molecular flexibility index (Phi) is 5.63. The Morgan fingerprint density at radius 1 is 0.970 bits per heavy atom. The molecule has 1 aromatic heterocycles. The number of Topliss-reactive ketones (excluding diaryl/α,β-unsaturated/α-hetero) is 1. The number of anilines is 1. The van der Waals surface area contributed by atoms with Crippen LogP contribution in [0.1, 0.15) is 22.7 Å². The van der Waals surface area contributed by atoms with Crippen LogP contribution in [-0.2, 0) is 9.59 Å². The largest absolute Gasteiger partial charge is 0.573 e. The minimum atomic E-state index is -4.86. The summed E-state index contributed by atoms with van der Waals surface area (Å²) >= 11 is 0. The van der Waals surface area contributed by atoms with Crippen LogP contribution in [0.3, 0.4) is 0 Å². The van der Waals surface area contributed by atoms with Crippen molar-refractivity contribution >= 4 is 23.1 Å². The van der Waals surface area contributed by atoms with Gasteiger partial charge in [0.05, 0.1) is 11.6 Å². The Morgan fingerprint density at radius 2 is 1.58 bits per heavy atom. The summed E-state index contributed by atoms with van der Waals surface area (Å²) < 4.78 is 41.4. The van der Waals surface area contributed by atoms with E-state index in [1.165, 1.54) is 24.5 Å². The fraction of sp³-hybridized carbons (Fsp3) is 0.125. The maximum Gasteiger partial charge on any atom is 0.573 e. The first kappa shape index (κ1) is 22.1. The van der Waals surface area contributed by atoms with E-state index >= 15 is 0 Å². The Balaban J connectivity index is 1.83. The first-order valence-electron chi connectivity index (χ1n) is 9.79. The summed E-state index contributed by atoms with van der Waals surface area (Å²) in [6, 6.07) is 13.5. The number of alkyl halides is 3. The average Bonchev–Trinajstić information content (AvgIpc) is 3.04. The van der Waals surface area contributed by atoms with Crippen molar-refractivity contribution in [2.24, 2.45) is 0 Å². The van der Waals surface area contributed by atoms with E-state index in [1.54, 1.807) is 36.4 Å². The van der Waals surface area contributed by atoms with Gasteiger partial charge in [0.1, 0.15) is 11.5 Å². The highest BCUT2D eigenvalue weighted by Crippen LogP contribution is 2.42. The van der Waals surface area contributed by atoms with Crippen LogP contribution in [-0.4, -0.2) is 28.1 Å². The predicted octanol–water partition coefficient (Wildman–Crippen LogP) is 4.91. The monoisotopic (exact) mass is 454 g/mol. The Hall–Kier alpha value is -4.14. The van der Waals surface area contributed by atoms with Gasteiger partial charge in [-0.25, -0.2) is 0 Å². The molecular weight excluding hydrogens is 437 g/mol. The number of hydrogen-bond acceptors (Lipinski definition) is 5. The van der Waals surface area contributed by atoms with Crippen molar-refractivity contribution in [3.63, 3.8) is 0 Å². The van der Waals surface area contributed by atoms with Gasteiger partial charge in [-0.2, -0.15) is 0 Å². The van der Waals surface area contributed by atoms with Crippen LogP contribution in [0.25, 0.3) is 5.76 Å². The van der Waals surface area contributed by atoms with E-state index in [1.807, 2.05) is 6.92 Å². The van der Waals surface area contributed by atoms with Crippen LogP contribution >= 0.6 is 0 Å². The molecule has 1 N–H and O–H groups in total. The molecule has 1 saturated heterocycles. The lowest BCUT2D eigenvalue weighted by molar-refractivity contribution is -0.274. The molecule has 33 heavy (non-hydrogen) atoms. The van der Waals surface area contributed by atoms with Gasteiger partial charge in [-0.1, -0.05) is 29.8 Å². The summed E-state index contributed by atoms with van der Waals surface area (Å²) in [7, 11) is 0. The molecule has 0 saturated carbocycles. The molecule has 4 rings (SSSR count). The number of pyridine rings is 1. The molecule has 9 heteroatoms. The number of hydrogen-bond donors (Lipinski definition) is 1. The molecule has 6 nitrogen and oxygen atoms in total. The van der Waals surface area contributed by atoms with Crippen molar-refractivity contribution in [1.82, 2.24) is 4.98 Å². The Morgan fingerprint density at radius 3 is 2.15 bits per heavy atom. The van der Waals surface area contributed by atoms with Crippen molar-refractivity contribution < 1.29 is 32.6 Å². The molecule has 1 unspecified atom stereocenters. The number of ketones is 1. The summed E-state index contributed by atoms with van der Waals surface area (Å²) in [5.41, 5.74) is 1.82. The Labute approximate surface area is 186 Å². The van der Waals surface area contributed by atoms with Crippen LogP contribution in [0, 0.1) is 6.92 Å². The van der Waals surface area contributed by atoms with E-state index in [2.05, 4.69) is 9.72 Å². The fourth-order valence-electron chi connectivity index (χ4n) is 3.64. The number of rotatable bonds is 4. The molecule has 0 radical (unpaired) electrons. The van der Waals surface area contributed by atoms with E-state index in [4.69, 9.17) is 0 Å². The van der Waals surface area contributed by atoms with Gasteiger partial charge >= 0.3 is 6.36 Å². The summed E-state index contributed by atoms with van der Waals surface area (Å²) in [5, 5.41) is 11.0. The molecule has 1 amide bonds. The number of amides is 1. The number of nitrogens with zero attached hydrogens (tertiary/aromatic N) is 2. The first-order chi connectivity index (χ1) is 15.7. The number of halogens is 3. The third-order valence-corrected chi connectivity index (χ3v) is 5.14. The zero-order valence-corrected chi connectivity index (χ0v) is 17.2. The van der Waals surface area contributed by atoms with E-state index < -0.39 is 29.8 Å². The normalized spacial score (nSPS) is 17.9. The molecule has 2 aromatic carbocycles. The highest BCUT2D eigenvalue weighted by molar-refractivity contribution is 6.51. The molecule has 1 aliphatic rings. The zero-order chi connectivity index (χ0) is 23.8. The number of ether oxygens (including phenoxy) is 1. The molecule has 1 aliphatic heterocycles. The molecule has 1 fully saturated rings. The highest BCUT2D eigenvalue weighted by atomic mass is 19.4. The number of aliphatic hydroxyl groups is 1. The van der Waals surface area contributed by atoms with E-state index in [9.17, 15) is 27.9 Å². The SMILES string of the molecule is Cc1ccc(/C(O)=C2/C(=O)C(=O)N(c3ccc(OC(F)(F)F)cc3)C2c2ccncc2)cc1. The highest BCUT2D eigenvalue weighted by Gasteiger charge is 2.47. The molecule has 0 spiro atoms. The van der Waals surface area contributed by atoms with Gasteiger partial charge in [-0.05, 0) is 48.9 Å². The molecule has 2 heterocycles. The number of aliphatic hydroxyl groups excluding tert-OH is 1. The lowest BCUT2D eigenvalue weighted by Gasteiger charge is -2.25. The molecule has 3 aromatic rings. The number of benzene rings is 2. The lowest BCUT2D eigenvalue weighted by atomic mass is 9.95. The van der Waals surface area contributed by atoms with Crippen LogP contribution in [0.15, 0.2) is 78.6 Å². The average molecular weight is 454 g/mol. The van der Waals surface area contributed by atoms with Crippen molar-refractivity contribution in [3.8, 4) is 5.75 Å². The van der Waals surface area contributed by atoms with Crippen LogP contribution in [0.4, 0.5) is 18.9 Å². The standard InChI is InChI=1S/C24H17F3N2O4/c1-14-2-4-16(5-3-14)21(30)19-20(15-10-12-28-13-11-15)29(23(32)22(19)31)17-6-8-18(9-7-17)33-24(25,26)27/h2-13,20,30H,1H3/b21-19-. The van der Waals surface area contributed by atoms with E-state index in [0.717, 1.165) is 22.6 Å². The van der Waals surface area contributed by atoms with Crippen molar-refractivity contribution in [2.45, 2.75) is 19.3 Å². The minimum Gasteiger partial charge on any atom is -0.507 e. The summed E-state index contributed by atoms with van der Waals surface area (Å²) in [6.45, 7) is 1.87. The van der Waals surface area contributed by atoms with Crippen molar-refractivity contribution in [1.29, 1.82) is 0 Å². The lowest BCUT2D eigenvalue weighted by Crippen LogP contribution is -2.29. The second-order valence-electron chi connectivity index (χ2n) is 7.36. The van der Waals surface area contributed by atoms with Gasteiger partial charge < -0.3 is 9.84 Å². The first-order valence-corrected chi connectivity index (χ1v) is 9.79. The smallest absolute Gasteiger partial charge is 0.507 e. The summed E-state index contributed by atoms with van der Waals surface area (Å²) in [5.74, 6) is -2.65. The van der Waals surface area contributed by atoms with Gasteiger partial charge in [0, 0.05) is 23.6 Å². The summed E-state index contributed by atoms with van der Waals surface area (Å²) in [4.78, 5) is 31.1. The third-order valence-electron chi connectivity index (χ3n) is 5.14. The van der Waals surface area contributed by atoms with Gasteiger partial charge in [0.2, 0.25) is 0 Å². The van der Waals surface area contributed by atoms with E-state index in [0.29, 0.717) is 11.1 Å². The summed E-state index contributed by atoms with van der Waals surface area (Å²) in [6.07, 6.45) is -1.92. The Bertz CT molecular complexity index is 1220. The molecule has 0 aliphatic carbocycles. The van der Waals surface area contributed by atoms with Crippen LogP contribution < -0.4 is 9.64 Å². The molecule has 1 atom stereocenters. The quantitative estimate of drug-likeness (QED) is 0.344. The fourth-order valence-corrected chi connectivity index (χ4v) is 3.64. The van der Waals surface area contributed by atoms with Crippen molar-refractivity contribution in [2.75, 3.05) is 4.90 Å². The minimum absolute atomic E-state index is 0.134. The third kappa shape index (κ3) is 4.43. The molecule has 0 bridgehead atoms. The van der Waals surface area contributed by atoms with Crippen molar-refractivity contribution in [3.05, 3.63) is 95.3 Å². The van der Waals surface area contributed by atoms with Gasteiger partial charge in [-0.3, -0.25) is 19.5 Å². The molecular formula is C24H17F3N2O4. The number of aromatic nitrogens is 1. The number of aryl methyl sites for hydroxylation is 1. The maximum atomic E-state index is 13.0. The predicted molar refractivity (Wildman–Crippen MR) is 113 cm³/mol. The van der Waals surface area contributed by atoms with Crippen LogP contribution in [0.5, 0.6) is 5.75 Å². The number of carbonyl (C=O) groups excluding carboxylic acids is 2. The number of carbonyl (C=O) groups is 2. The molecule has 168 valence electrons. The van der Waals surface area contributed by atoms with E-state index in [-0.39, 0.29) is 17.0 Å². The topological polar surface area (TPSA) is 79.7 Å². The second-order valence-corrected chi connectivity index (χ2v) is 7.36. The van der Waals surface area contributed by atoms with Crippen LogP contribution in [0.2, 0.25) is 0 Å². The maximum absolute atomic E-state index is 13.0. The zero-order valence-electron chi connectivity index (χ0n) is 17.2. The van der Waals surface area contributed by atoms with Gasteiger partial charge in [0.25, 0.3) is 11.7 Å². The second kappa shape index (κ2) is 8.42. The van der Waals surface area contributed by atoms with Gasteiger partial charge in [-0.15, -0.1) is 13.2 Å². The van der Waals surface area contributed by atoms with Gasteiger partial charge in [0.15, 0.2) is 0 Å².